The van der Waals surface area contributed by atoms with E-state index < -0.39 is 18.5 Å². The molecule has 0 bridgehead atoms. The Balaban J connectivity index is 1.59. The summed E-state index contributed by atoms with van der Waals surface area (Å²) in [6.07, 6.45) is 0.0848. The number of ether oxygens (including phenoxy) is 1. The summed E-state index contributed by atoms with van der Waals surface area (Å²) in [6, 6.07) is 18.4. The molecule has 3 aromatic rings. The molecule has 0 unspecified atom stereocenters. The molecule has 3 aromatic carbocycles. The second kappa shape index (κ2) is 8.21. The van der Waals surface area contributed by atoms with Crippen LogP contribution < -0.4 is 5.32 Å². The minimum absolute atomic E-state index is 0.0848. The van der Waals surface area contributed by atoms with Crippen molar-refractivity contribution in [3.05, 3.63) is 76.3 Å². The number of carbonyl (C=O) groups excluding carboxylic acids is 2. The molecule has 0 saturated carbocycles. The first-order chi connectivity index (χ1) is 12.5. The van der Waals surface area contributed by atoms with Gasteiger partial charge in [-0.1, -0.05) is 71.7 Å². The molecule has 1 amide bonds. The number of para-hydroxylation sites is 1. The minimum Gasteiger partial charge on any atom is -0.455 e. The third kappa shape index (κ3) is 4.34. The molecule has 0 fully saturated rings. The van der Waals surface area contributed by atoms with Crippen LogP contribution in [0.25, 0.3) is 10.8 Å². The van der Waals surface area contributed by atoms with Crippen molar-refractivity contribution in [2.45, 2.75) is 6.42 Å². The first-order valence-corrected chi connectivity index (χ1v) is 8.66. The normalized spacial score (nSPS) is 10.5. The Morgan fingerprint density at radius 1 is 0.885 bits per heavy atom. The monoisotopic (exact) mass is 387 g/mol. The number of halogens is 2. The quantitative estimate of drug-likeness (QED) is 0.635. The van der Waals surface area contributed by atoms with Crippen LogP contribution >= 0.6 is 23.2 Å². The van der Waals surface area contributed by atoms with Gasteiger partial charge in [-0.25, -0.2) is 0 Å². The number of rotatable bonds is 5. The molecule has 26 heavy (non-hydrogen) atoms. The van der Waals surface area contributed by atoms with Gasteiger partial charge in [0.05, 0.1) is 22.2 Å². The number of fused-ring (bicyclic) bond motifs is 1. The molecule has 0 radical (unpaired) electrons. The number of esters is 1. The van der Waals surface area contributed by atoms with E-state index in [4.69, 9.17) is 27.9 Å². The van der Waals surface area contributed by atoms with E-state index in [1.165, 1.54) is 0 Å². The second-order valence-electron chi connectivity index (χ2n) is 5.62. The summed E-state index contributed by atoms with van der Waals surface area (Å²) in [5.74, 6) is -0.993. The van der Waals surface area contributed by atoms with Gasteiger partial charge < -0.3 is 10.1 Å². The van der Waals surface area contributed by atoms with E-state index in [1.54, 1.807) is 18.2 Å². The summed E-state index contributed by atoms with van der Waals surface area (Å²) >= 11 is 12.0. The molecule has 1 N–H and O–H groups in total. The van der Waals surface area contributed by atoms with Crippen LogP contribution in [0.3, 0.4) is 0 Å². The SMILES string of the molecule is O=C(COC(=O)Cc1cccc2ccccc12)Nc1c(Cl)cccc1Cl. The molecule has 0 aliphatic heterocycles. The number of anilines is 1. The summed E-state index contributed by atoms with van der Waals surface area (Å²) in [4.78, 5) is 24.1. The number of benzene rings is 3. The van der Waals surface area contributed by atoms with Crippen molar-refractivity contribution in [3.8, 4) is 0 Å². The van der Waals surface area contributed by atoms with E-state index in [9.17, 15) is 9.59 Å². The van der Waals surface area contributed by atoms with Crippen LogP contribution in [0.2, 0.25) is 10.0 Å². The van der Waals surface area contributed by atoms with Gasteiger partial charge in [-0.3, -0.25) is 9.59 Å². The number of hydrogen-bond donors (Lipinski definition) is 1. The summed E-state index contributed by atoms with van der Waals surface area (Å²) < 4.78 is 5.07. The van der Waals surface area contributed by atoms with E-state index in [1.807, 2.05) is 42.5 Å². The maximum atomic E-state index is 12.1. The highest BCUT2D eigenvalue weighted by molar-refractivity contribution is 6.39. The highest BCUT2D eigenvalue weighted by atomic mass is 35.5. The molecule has 0 aliphatic rings. The lowest BCUT2D eigenvalue weighted by Crippen LogP contribution is -2.22. The molecule has 4 nitrogen and oxygen atoms in total. The fraction of sp³-hybridized carbons (Fsp3) is 0.100. The van der Waals surface area contributed by atoms with Gasteiger partial charge >= 0.3 is 5.97 Å². The van der Waals surface area contributed by atoms with Crippen molar-refractivity contribution in [1.29, 1.82) is 0 Å². The van der Waals surface area contributed by atoms with Crippen molar-refractivity contribution in [3.63, 3.8) is 0 Å². The lowest BCUT2D eigenvalue weighted by Gasteiger charge is -2.10. The lowest BCUT2D eigenvalue weighted by molar-refractivity contribution is -0.146. The van der Waals surface area contributed by atoms with E-state index in [0.717, 1.165) is 16.3 Å². The highest BCUT2D eigenvalue weighted by Gasteiger charge is 2.13. The van der Waals surface area contributed by atoms with Gasteiger partial charge in [0.25, 0.3) is 5.91 Å². The zero-order valence-electron chi connectivity index (χ0n) is 13.7. The largest absolute Gasteiger partial charge is 0.455 e. The molecular weight excluding hydrogens is 373 g/mol. The van der Waals surface area contributed by atoms with Crippen LogP contribution in [-0.4, -0.2) is 18.5 Å². The minimum atomic E-state index is -0.508. The van der Waals surface area contributed by atoms with E-state index in [2.05, 4.69) is 5.32 Å². The summed E-state index contributed by atoms with van der Waals surface area (Å²) in [6.45, 7) is -0.412. The van der Waals surface area contributed by atoms with Crippen LogP contribution in [0.5, 0.6) is 0 Å². The number of amides is 1. The number of hydrogen-bond acceptors (Lipinski definition) is 3. The summed E-state index contributed by atoms with van der Waals surface area (Å²) in [7, 11) is 0. The average molecular weight is 388 g/mol. The van der Waals surface area contributed by atoms with Crippen molar-refractivity contribution >= 4 is 51.5 Å². The molecular formula is C20H15Cl2NO3. The zero-order chi connectivity index (χ0) is 18.5. The van der Waals surface area contributed by atoms with Crippen LogP contribution in [-0.2, 0) is 20.7 Å². The van der Waals surface area contributed by atoms with Gasteiger partial charge in [-0.15, -0.1) is 0 Å². The molecule has 0 heterocycles. The van der Waals surface area contributed by atoms with Crippen LogP contribution in [0.15, 0.2) is 60.7 Å². The Hall–Kier alpha value is -2.56. The smallest absolute Gasteiger partial charge is 0.310 e. The van der Waals surface area contributed by atoms with E-state index >= 15 is 0 Å². The topological polar surface area (TPSA) is 55.4 Å². The standard InChI is InChI=1S/C20H15Cl2NO3/c21-16-9-4-10-17(22)20(16)23-18(24)12-26-19(25)11-14-7-3-6-13-5-1-2-8-15(13)14/h1-10H,11-12H2,(H,23,24). The Labute approximate surface area is 160 Å². The Morgan fingerprint density at radius 3 is 2.31 bits per heavy atom. The Bertz CT molecular complexity index is 947. The third-order valence-corrected chi connectivity index (χ3v) is 4.44. The summed E-state index contributed by atoms with van der Waals surface area (Å²) in [5, 5.41) is 5.20. The van der Waals surface area contributed by atoms with Crippen LogP contribution in [0.1, 0.15) is 5.56 Å². The highest BCUT2D eigenvalue weighted by Crippen LogP contribution is 2.29. The third-order valence-electron chi connectivity index (χ3n) is 3.81. The zero-order valence-corrected chi connectivity index (χ0v) is 15.2. The predicted molar refractivity (Wildman–Crippen MR) is 104 cm³/mol. The molecule has 6 heteroatoms. The summed E-state index contributed by atoms with van der Waals surface area (Å²) in [5.41, 5.74) is 1.15. The van der Waals surface area contributed by atoms with E-state index in [0.29, 0.717) is 15.7 Å². The van der Waals surface area contributed by atoms with Crippen molar-refractivity contribution < 1.29 is 14.3 Å². The maximum absolute atomic E-state index is 12.1. The molecule has 0 saturated heterocycles. The van der Waals surface area contributed by atoms with Crippen molar-refractivity contribution in [2.75, 3.05) is 11.9 Å². The van der Waals surface area contributed by atoms with Gasteiger partial charge in [0, 0.05) is 0 Å². The number of nitrogens with one attached hydrogen (secondary N) is 1. The maximum Gasteiger partial charge on any atom is 0.310 e. The Kier molecular flexibility index (Phi) is 5.76. The molecule has 0 atom stereocenters. The van der Waals surface area contributed by atoms with Gasteiger partial charge in [-0.05, 0) is 28.5 Å². The molecule has 132 valence electrons. The average Bonchev–Trinajstić information content (AvgIpc) is 2.63. The van der Waals surface area contributed by atoms with Crippen LogP contribution in [0.4, 0.5) is 5.69 Å². The fourth-order valence-corrected chi connectivity index (χ4v) is 3.08. The fourth-order valence-electron chi connectivity index (χ4n) is 2.59. The molecule has 0 aliphatic carbocycles. The van der Waals surface area contributed by atoms with Gasteiger partial charge in [0.2, 0.25) is 0 Å². The lowest BCUT2D eigenvalue weighted by atomic mass is 10.0. The Morgan fingerprint density at radius 2 is 1.54 bits per heavy atom. The van der Waals surface area contributed by atoms with Gasteiger partial charge in [-0.2, -0.15) is 0 Å². The van der Waals surface area contributed by atoms with Crippen molar-refractivity contribution in [2.24, 2.45) is 0 Å². The van der Waals surface area contributed by atoms with E-state index in [-0.39, 0.29) is 6.42 Å². The second-order valence-corrected chi connectivity index (χ2v) is 6.43. The van der Waals surface area contributed by atoms with Gasteiger partial charge in [0.1, 0.15) is 0 Å². The van der Waals surface area contributed by atoms with Crippen LogP contribution in [0, 0.1) is 0 Å². The molecule has 0 spiro atoms. The molecule has 0 aromatic heterocycles. The predicted octanol–water partition coefficient (Wildman–Crippen LogP) is 4.87. The first-order valence-electron chi connectivity index (χ1n) is 7.91. The first kappa shape index (κ1) is 18.2. The number of carbonyl (C=O) groups is 2. The van der Waals surface area contributed by atoms with Crippen molar-refractivity contribution in [1.82, 2.24) is 0 Å². The molecule has 3 rings (SSSR count). The van der Waals surface area contributed by atoms with Gasteiger partial charge in [0.15, 0.2) is 6.61 Å².